The van der Waals surface area contributed by atoms with Gasteiger partial charge in [0.25, 0.3) is 0 Å². The Kier molecular flexibility index (Phi) is 5.85. The Morgan fingerprint density at radius 1 is 1.29 bits per heavy atom. The van der Waals surface area contributed by atoms with Crippen molar-refractivity contribution in [3.63, 3.8) is 0 Å². The van der Waals surface area contributed by atoms with Gasteiger partial charge in [0, 0.05) is 49.4 Å². The number of imidazole rings is 1. The summed E-state index contributed by atoms with van der Waals surface area (Å²) in [5.74, 6) is 1.65. The summed E-state index contributed by atoms with van der Waals surface area (Å²) in [5.41, 5.74) is 3.47. The van der Waals surface area contributed by atoms with Crippen LogP contribution in [0.1, 0.15) is 29.8 Å². The maximum atomic E-state index is 5.92. The van der Waals surface area contributed by atoms with E-state index in [9.17, 15) is 0 Å². The fourth-order valence-corrected chi connectivity index (χ4v) is 4.61. The Morgan fingerprint density at radius 3 is 2.93 bits per heavy atom. The molecular formula is C21H27N3O3S. The third-order valence-corrected chi connectivity index (χ3v) is 6.07. The number of ether oxygens (including phenoxy) is 3. The lowest BCUT2D eigenvalue weighted by Gasteiger charge is -2.26. The zero-order chi connectivity index (χ0) is 19.5. The van der Waals surface area contributed by atoms with E-state index in [1.165, 1.54) is 5.69 Å². The first-order valence-electron chi connectivity index (χ1n) is 9.64. The van der Waals surface area contributed by atoms with Crippen molar-refractivity contribution in [3.05, 3.63) is 46.7 Å². The minimum atomic E-state index is 0.287. The summed E-state index contributed by atoms with van der Waals surface area (Å²) in [4.78, 5) is 8.19. The zero-order valence-corrected chi connectivity index (χ0v) is 17.5. The third kappa shape index (κ3) is 4.01. The number of fused-ring (bicyclic) bond motifs is 1. The highest BCUT2D eigenvalue weighted by atomic mass is 32.1. The number of methoxy groups -OCH3 is 2. The molecule has 28 heavy (non-hydrogen) atoms. The summed E-state index contributed by atoms with van der Waals surface area (Å²) in [5, 5.41) is 2.09. The van der Waals surface area contributed by atoms with Gasteiger partial charge < -0.3 is 14.2 Å². The fourth-order valence-electron chi connectivity index (χ4n) is 3.83. The maximum absolute atomic E-state index is 5.92. The molecule has 0 saturated carbocycles. The molecule has 0 bridgehead atoms. The number of nitrogens with zero attached hydrogens (tertiary/aromatic N) is 3. The van der Waals surface area contributed by atoms with Crippen LogP contribution >= 0.6 is 11.3 Å². The van der Waals surface area contributed by atoms with Gasteiger partial charge in [0.15, 0.2) is 4.96 Å². The molecule has 0 amide bonds. The summed E-state index contributed by atoms with van der Waals surface area (Å²) >= 11 is 1.67. The smallest absolute Gasteiger partial charge is 0.194 e. The van der Waals surface area contributed by atoms with Gasteiger partial charge in [-0.05, 0) is 25.8 Å². The Bertz CT molecular complexity index is 930. The van der Waals surface area contributed by atoms with E-state index in [-0.39, 0.29) is 6.10 Å². The SMILES string of the molecule is COc1ccc(CN(Cc2c(C)nc3sccn23)CC2CCCO2)c(OC)c1. The van der Waals surface area contributed by atoms with Crippen molar-refractivity contribution in [1.29, 1.82) is 0 Å². The molecule has 1 aliphatic rings. The van der Waals surface area contributed by atoms with Crippen molar-refractivity contribution < 1.29 is 14.2 Å². The molecule has 1 atom stereocenters. The first kappa shape index (κ1) is 19.2. The van der Waals surface area contributed by atoms with Gasteiger partial charge in [0.1, 0.15) is 11.5 Å². The number of hydrogen-bond acceptors (Lipinski definition) is 6. The summed E-state index contributed by atoms with van der Waals surface area (Å²) in [6.07, 6.45) is 4.66. The Labute approximate surface area is 169 Å². The molecule has 0 radical (unpaired) electrons. The quantitative estimate of drug-likeness (QED) is 0.573. The van der Waals surface area contributed by atoms with E-state index >= 15 is 0 Å². The molecule has 6 nitrogen and oxygen atoms in total. The van der Waals surface area contributed by atoms with Gasteiger partial charge in [0.05, 0.1) is 31.7 Å². The largest absolute Gasteiger partial charge is 0.497 e. The Morgan fingerprint density at radius 2 is 2.18 bits per heavy atom. The van der Waals surface area contributed by atoms with Crippen molar-refractivity contribution in [2.75, 3.05) is 27.4 Å². The summed E-state index contributed by atoms with van der Waals surface area (Å²) in [6, 6.07) is 6.02. The highest BCUT2D eigenvalue weighted by molar-refractivity contribution is 7.15. The van der Waals surface area contributed by atoms with Gasteiger partial charge in [-0.15, -0.1) is 11.3 Å². The molecular weight excluding hydrogens is 374 g/mol. The Hall–Kier alpha value is -2.09. The van der Waals surface area contributed by atoms with Crippen molar-refractivity contribution in [2.45, 2.75) is 39.0 Å². The van der Waals surface area contributed by atoms with Gasteiger partial charge in [-0.2, -0.15) is 0 Å². The first-order valence-corrected chi connectivity index (χ1v) is 10.5. The molecule has 2 aromatic heterocycles. The van der Waals surface area contributed by atoms with Crippen LogP contribution in [0.25, 0.3) is 4.96 Å². The van der Waals surface area contributed by atoms with E-state index in [1.54, 1.807) is 25.6 Å². The van der Waals surface area contributed by atoms with Crippen molar-refractivity contribution in [1.82, 2.24) is 14.3 Å². The molecule has 0 spiro atoms. The number of thiazole rings is 1. The van der Waals surface area contributed by atoms with E-state index in [0.717, 1.165) is 66.8 Å². The second-order valence-electron chi connectivity index (χ2n) is 7.18. The number of benzene rings is 1. The molecule has 7 heteroatoms. The van der Waals surface area contributed by atoms with E-state index < -0.39 is 0 Å². The van der Waals surface area contributed by atoms with E-state index in [0.29, 0.717) is 0 Å². The molecule has 1 aliphatic heterocycles. The predicted molar refractivity (Wildman–Crippen MR) is 110 cm³/mol. The summed E-state index contributed by atoms with van der Waals surface area (Å²) in [6.45, 7) is 5.45. The van der Waals surface area contributed by atoms with Crippen LogP contribution in [0.2, 0.25) is 0 Å². The molecule has 1 aromatic carbocycles. The lowest BCUT2D eigenvalue weighted by molar-refractivity contribution is 0.0670. The molecule has 1 fully saturated rings. The van der Waals surface area contributed by atoms with Gasteiger partial charge in [-0.25, -0.2) is 4.98 Å². The lowest BCUT2D eigenvalue weighted by Crippen LogP contribution is -2.32. The van der Waals surface area contributed by atoms with Crippen molar-refractivity contribution >= 4 is 16.3 Å². The Balaban J connectivity index is 1.60. The highest BCUT2D eigenvalue weighted by Crippen LogP contribution is 2.28. The normalized spacial score (nSPS) is 16.9. The number of rotatable bonds is 8. The van der Waals surface area contributed by atoms with Crippen molar-refractivity contribution in [2.24, 2.45) is 0 Å². The number of aryl methyl sites for hydroxylation is 1. The van der Waals surface area contributed by atoms with E-state index in [4.69, 9.17) is 19.2 Å². The zero-order valence-electron chi connectivity index (χ0n) is 16.7. The lowest BCUT2D eigenvalue weighted by atomic mass is 10.1. The standard InChI is InChI=1S/C21H27N3O3S/c1-15-19(24-8-10-28-21(24)22-15)14-23(13-18-5-4-9-27-18)12-16-6-7-17(25-2)11-20(16)26-3/h6-8,10-11,18H,4-5,9,12-14H2,1-3H3. The minimum Gasteiger partial charge on any atom is -0.497 e. The van der Waals surface area contributed by atoms with Crippen molar-refractivity contribution in [3.8, 4) is 11.5 Å². The van der Waals surface area contributed by atoms with Crippen LogP contribution in [0.15, 0.2) is 29.8 Å². The van der Waals surface area contributed by atoms with Gasteiger partial charge in [0.2, 0.25) is 0 Å². The molecule has 3 aromatic rings. The average Bonchev–Trinajstić information content (AvgIpc) is 3.42. The minimum absolute atomic E-state index is 0.287. The van der Waals surface area contributed by atoms with Crippen LogP contribution in [0.5, 0.6) is 11.5 Å². The predicted octanol–water partition coefficient (Wildman–Crippen LogP) is 3.90. The number of aromatic nitrogens is 2. The average molecular weight is 402 g/mol. The third-order valence-electron chi connectivity index (χ3n) is 5.31. The highest BCUT2D eigenvalue weighted by Gasteiger charge is 2.22. The monoisotopic (exact) mass is 401 g/mol. The van der Waals surface area contributed by atoms with E-state index in [2.05, 4.69) is 33.9 Å². The number of hydrogen-bond donors (Lipinski definition) is 0. The first-order chi connectivity index (χ1) is 13.7. The molecule has 150 valence electrons. The molecule has 3 heterocycles. The molecule has 0 N–H and O–H groups in total. The van der Waals surface area contributed by atoms with Gasteiger partial charge in [-0.3, -0.25) is 9.30 Å². The van der Waals surface area contributed by atoms with Crippen LogP contribution in [0.3, 0.4) is 0 Å². The van der Waals surface area contributed by atoms with Crippen LogP contribution in [0, 0.1) is 6.92 Å². The second-order valence-corrected chi connectivity index (χ2v) is 8.05. The second kappa shape index (κ2) is 8.51. The van der Waals surface area contributed by atoms with Crippen LogP contribution < -0.4 is 9.47 Å². The van der Waals surface area contributed by atoms with Crippen LogP contribution in [0.4, 0.5) is 0 Å². The molecule has 1 unspecified atom stereocenters. The van der Waals surface area contributed by atoms with Crippen LogP contribution in [-0.2, 0) is 17.8 Å². The van der Waals surface area contributed by atoms with Gasteiger partial charge >= 0.3 is 0 Å². The van der Waals surface area contributed by atoms with Crippen LogP contribution in [-0.4, -0.2) is 47.8 Å². The van der Waals surface area contributed by atoms with E-state index in [1.807, 2.05) is 12.1 Å². The molecule has 4 rings (SSSR count). The fraction of sp³-hybridized carbons (Fsp3) is 0.476. The maximum Gasteiger partial charge on any atom is 0.194 e. The summed E-state index contributed by atoms with van der Waals surface area (Å²) < 4.78 is 19.1. The molecule has 0 aliphatic carbocycles. The molecule has 1 saturated heterocycles. The van der Waals surface area contributed by atoms with Gasteiger partial charge in [-0.1, -0.05) is 6.07 Å². The summed E-state index contributed by atoms with van der Waals surface area (Å²) in [7, 11) is 3.38. The topological polar surface area (TPSA) is 48.2 Å².